The molecular formula is C28H32N4O5S2. The van der Waals surface area contributed by atoms with Gasteiger partial charge in [-0.2, -0.15) is 5.26 Å². The van der Waals surface area contributed by atoms with Crippen molar-refractivity contribution in [2.45, 2.75) is 33.2 Å². The highest BCUT2D eigenvalue weighted by Crippen LogP contribution is 2.36. The van der Waals surface area contributed by atoms with E-state index < -0.39 is 0 Å². The van der Waals surface area contributed by atoms with Gasteiger partial charge in [-0.15, -0.1) is 0 Å². The Morgan fingerprint density at radius 1 is 1.15 bits per heavy atom. The Hall–Kier alpha value is -3.33. The molecule has 2 aromatic rings. The molecule has 0 bridgehead atoms. The molecule has 1 aromatic carbocycles. The van der Waals surface area contributed by atoms with Crippen LogP contribution in [0.5, 0.6) is 11.5 Å². The Morgan fingerprint density at radius 2 is 1.87 bits per heavy atom. The van der Waals surface area contributed by atoms with E-state index in [1.54, 1.807) is 36.7 Å². The normalized spacial score (nSPS) is 16.6. The van der Waals surface area contributed by atoms with Crippen molar-refractivity contribution in [3.63, 3.8) is 0 Å². The highest BCUT2D eigenvalue weighted by atomic mass is 32.2. The second-order valence-corrected chi connectivity index (χ2v) is 10.9. The fourth-order valence-electron chi connectivity index (χ4n) is 4.79. The maximum absolute atomic E-state index is 13.5. The number of thioether (sulfide) groups is 1. The number of hydrogen-bond donors (Lipinski definition) is 0. The minimum Gasteiger partial charge on any atom is -0.493 e. The van der Waals surface area contributed by atoms with E-state index in [0.717, 1.165) is 17.8 Å². The lowest BCUT2D eigenvalue weighted by molar-refractivity contribution is -0.122. The van der Waals surface area contributed by atoms with E-state index in [-0.39, 0.29) is 17.0 Å². The van der Waals surface area contributed by atoms with Crippen molar-refractivity contribution in [3.05, 3.63) is 55.7 Å². The number of methoxy groups -OCH3 is 2. The number of carbonyl (C=O) groups is 1. The summed E-state index contributed by atoms with van der Waals surface area (Å²) in [7, 11) is 3.17. The Labute approximate surface area is 237 Å². The molecule has 0 saturated carbocycles. The van der Waals surface area contributed by atoms with Crippen molar-refractivity contribution in [1.29, 1.82) is 5.26 Å². The van der Waals surface area contributed by atoms with Crippen LogP contribution in [0.1, 0.15) is 35.6 Å². The van der Waals surface area contributed by atoms with Crippen LogP contribution in [0.4, 0.5) is 5.82 Å². The van der Waals surface area contributed by atoms with Gasteiger partial charge in [0.25, 0.3) is 11.5 Å². The Bertz CT molecular complexity index is 1410. The van der Waals surface area contributed by atoms with Gasteiger partial charge in [-0.25, -0.2) is 0 Å². The smallest absolute Gasteiger partial charge is 0.270 e. The van der Waals surface area contributed by atoms with E-state index in [1.807, 2.05) is 25.1 Å². The summed E-state index contributed by atoms with van der Waals surface area (Å²) in [5.74, 6) is 1.80. The molecule has 0 spiro atoms. The summed E-state index contributed by atoms with van der Waals surface area (Å²) in [6.45, 7) is 6.94. The largest absolute Gasteiger partial charge is 0.493 e. The minimum absolute atomic E-state index is 0.0932. The summed E-state index contributed by atoms with van der Waals surface area (Å²) in [5.41, 5.74) is 2.03. The fourth-order valence-corrected chi connectivity index (χ4v) is 6.08. The molecule has 4 rings (SSSR count). The summed E-state index contributed by atoms with van der Waals surface area (Å²) in [5, 5.41) is 9.83. The van der Waals surface area contributed by atoms with Crippen molar-refractivity contribution in [1.82, 2.24) is 9.47 Å². The van der Waals surface area contributed by atoms with Crippen LogP contribution < -0.4 is 19.9 Å². The minimum atomic E-state index is -0.307. The molecule has 9 nitrogen and oxygen atoms in total. The fraction of sp³-hybridized carbons (Fsp3) is 0.429. The number of ether oxygens (including phenoxy) is 3. The first-order chi connectivity index (χ1) is 18.8. The van der Waals surface area contributed by atoms with Crippen LogP contribution >= 0.6 is 24.0 Å². The topological polar surface area (TPSA) is 97.0 Å². The lowest BCUT2D eigenvalue weighted by atomic mass is 10.0. The maximum atomic E-state index is 13.5. The molecule has 0 unspecified atom stereocenters. The predicted molar refractivity (Wildman–Crippen MR) is 157 cm³/mol. The molecule has 39 heavy (non-hydrogen) atoms. The van der Waals surface area contributed by atoms with Crippen LogP contribution in [0, 0.1) is 18.3 Å². The molecule has 0 radical (unpaired) electrons. The van der Waals surface area contributed by atoms with Gasteiger partial charge in [0, 0.05) is 31.7 Å². The molecule has 0 N–H and O–H groups in total. The van der Waals surface area contributed by atoms with Gasteiger partial charge >= 0.3 is 0 Å². The highest BCUT2D eigenvalue weighted by molar-refractivity contribution is 8.26. The standard InChI is InChI=1S/C28H32N4O5S2/c1-5-9-31-25(30-11-13-37-14-12-30)20(18(2)21(17-29)26(31)33)16-24-27(34)32(28(38)39-24)10-8-19-6-7-22(35-3)23(15-19)36-4/h6-7,15-16H,5,8-14H2,1-4H3/b24-16+. The quantitative estimate of drug-likeness (QED) is 0.331. The number of nitrogens with zero attached hydrogens (tertiary/aromatic N) is 4. The number of hydrogen-bond acceptors (Lipinski definition) is 9. The Kier molecular flexibility index (Phi) is 9.32. The van der Waals surface area contributed by atoms with Crippen LogP contribution in [0.3, 0.4) is 0 Å². The average molecular weight is 569 g/mol. The summed E-state index contributed by atoms with van der Waals surface area (Å²) in [4.78, 5) is 31.0. The molecule has 1 amide bonds. The van der Waals surface area contributed by atoms with Crippen LogP contribution in [-0.4, -0.2) is 66.8 Å². The third-order valence-electron chi connectivity index (χ3n) is 6.83. The van der Waals surface area contributed by atoms with Crippen molar-refractivity contribution < 1.29 is 19.0 Å². The number of anilines is 1. The van der Waals surface area contributed by atoms with Gasteiger partial charge in [0.15, 0.2) is 11.5 Å². The first-order valence-corrected chi connectivity index (χ1v) is 14.0. The first kappa shape index (κ1) is 28.7. The number of rotatable bonds is 9. The van der Waals surface area contributed by atoms with Crippen molar-refractivity contribution in [2.24, 2.45) is 0 Å². The van der Waals surface area contributed by atoms with Gasteiger partial charge in [-0.1, -0.05) is 37.0 Å². The molecule has 206 valence electrons. The van der Waals surface area contributed by atoms with Gasteiger partial charge in [0.1, 0.15) is 21.8 Å². The van der Waals surface area contributed by atoms with Gasteiger partial charge < -0.3 is 19.1 Å². The molecule has 2 saturated heterocycles. The predicted octanol–water partition coefficient (Wildman–Crippen LogP) is 3.74. The van der Waals surface area contributed by atoms with Crippen molar-refractivity contribution in [2.75, 3.05) is 52.0 Å². The van der Waals surface area contributed by atoms with E-state index in [2.05, 4.69) is 11.0 Å². The lowest BCUT2D eigenvalue weighted by Crippen LogP contribution is -2.41. The van der Waals surface area contributed by atoms with Crippen molar-refractivity contribution >= 4 is 46.1 Å². The second kappa shape index (κ2) is 12.7. The van der Waals surface area contributed by atoms with E-state index >= 15 is 0 Å². The molecule has 0 aliphatic carbocycles. The zero-order chi connectivity index (χ0) is 28.1. The molecule has 0 atom stereocenters. The Morgan fingerprint density at radius 3 is 2.51 bits per heavy atom. The molecular weight excluding hydrogens is 536 g/mol. The molecule has 2 aliphatic heterocycles. The number of pyridine rings is 1. The van der Waals surface area contributed by atoms with E-state index in [9.17, 15) is 14.9 Å². The third kappa shape index (κ3) is 5.83. The van der Waals surface area contributed by atoms with Crippen LogP contribution in [0.15, 0.2) is 27.9 Å². The molecule has 11 heteroatoms. The van der Waals surface area contributed by atoms with Gasteiger partial charge in [-0.05, 0) is 49.1 Å². The van der Waals surface area contributed by atoms with E-state index in [4.69, 9.17) is 26.4 Å². The summed E-state index contributed by atoms with van der Waals surface area (Å²) < 4.78 is 18.4. The van der Waals surface area contributed by atoms with Crippen LogP contribution in [-0.2, 0) is 22.5 Å². The number of nitriles is 1. The van der Waals surface area contributed by atoms with E-state index in [1.165, 1.54) is 11.8 Å². The monoisotopic (exact) mass is 568 g/mol. The number of aromatic nitrogens is 1. The first-order valence-electron chi connectivity index (χ1n) is 12.8. The Balaban J connectivity index is 1.69. The number of morpholine rings is 1. The average Bonchev–Trinajstić information content (AvgIpc) is 3.22. The maximum Gasteiger partial charge on any atom is 0.270 e. The van der Waals surface area contributed by atoms with Gasteiger partial charge in [0.2, 0.25) is 0 Å². The molecule has 3 heterocycles. The zero-order valence-corrected chi connectivity index (χ0v) is 24.2. The van der Waals surface area contributed by atoms with Gasteiger partial charge in [-0.3, -0.25) is 19.1 Å². The molecule has 1 aromatic heterocycles. The van der Waals surface area contributed by atoms with Crippen LogP contribution in [0.2, 0.25) is 0 Å². The summed E-state index contributed by atoms with van der Waals surface area (Å²) in [6.07, 6.45) is 3.10. The molecule has 2 fully saturated rings. The summed E-state index contributed by atoms with van der Waals surface area (Å²) >= 11 is 6.83. The lowest BCUT2D eigenvalue weighted by Gasteiger charge is -2.33. The van der Waals surface area contributed by atoms with Crippen LogP contribution in [0.25, 0.3) is 6.08 Å². The third-order valence-corrected chi connectivity index (χ3v) is 8.20. The number of thiocarbonyl (C=S) groups is 1. The highest BCUT2D eigenvalue weighted by Gasteiger charge is 2.33. The van der Waals surface area contributed by atoms with E-state index in [0.29, 0.717) is 77.7 Å². The molecule has 2 aliphatic rings. The van der Waals surface area contributed by atoms with Crippen molar-refractivity contribution in [3.8, 4) is 17.6 Å². The van der Waals surface area contributed by atoms with Gasteiger partial charge in [0.05, 0.1) is 32.3 Å². The number of amides is 1. The number of carbonyl (C=O) groups excluding carboxylic acids is 1. The zero-order valence-electron chi connectivity index (χ0n) is 22.6. The second-order valence-electron chi connectivity index (χ2n) is 9.18. The SMILES string of the molecule is CCCn1c(N2CCOCC2)c(/C=C2/SC(=S)N(CCc3ccc(OC)c(OC)c3)C2=O)c(C)c(C#N)c1=O. The number of benzene rings is 1. The summed E-state index contributed by atoms with van der Waals surface area (Å²) in [6, 6.07) is 7.76.